The first kappa shape index (κ1) is 23.4. The van der Waals surface area contributed by atoms with Crippen LogP contribution < -0.4 is 9.64 Å². The molecule has 0 spiro atoms. The number of halogens is 1. The zero-order valence-electron chi connectivity index (χ0n) is 18.4. The van der Waals surface area contributed by atoms with Gasteiger partial charge < -0.3 is 19.3 Å². The number of piperazine rings is 1. The Morgan fingerprint density at radius 1 is 1.06 bits per heavy atom. The Morgan fingerprint density at radius 2 is 1.76 bits per heavy atom. The molecular weight excluding hydrogens is 451 g/mol. The summed E-state index contributed by atoms with van der Waals surface area (Å²) in [4.78, 5) is 20.9. The number of sulfonamides is 1. The van der Waals surface area contributed by atoms with Gasteiger partial charge in [-0.1, -0.05) is 12.1 Å². The number of hydrogen-bond acceptors (Lipinski definition) is 7. The van der Waals surface area contributed by atoms with Crippen LogP contribution in [0.25, 0.3) is 0 Å². The summed E-state index contributed by atoms with van der Waals surface area (Å²) in [6.45, 7) is 5.05. The maximum atomic E-state index is 13.8. The molecule has 2 aliphatic heterocycles. The van der Waals surface area contributed by atoms with E-state index in [4.69, 9.17) is 9.47 Å². The number of carbonyl (C=O) groups excluding carboxylic acids is 1. The standard InChI is InChI=1S/C22H27FN4O5S/c1-17(32-20-5-3-2-4-19(20)23)22(28)26-10-8-25(9-11-26)21-7-6-18(16-24-21)33(29,30)27-12-14-31-15-13-27/h2-7,16-17H,8-15H2,1H3. The highest BCUT2D eigenvalue weighted by atomic mass is 32.2. The molecule has 1 amide bonds. The van der Waals surface area contributed by atoms with Crippen LogP contribution in [0.1, 0.15) is 6.92 Å². The van der Waals surface area contributed by atoms with E-state index in [1.807, 2.05) is 4.90 Å². The first-order valence-electron chi connectivity index (χ1n) is 10.8. The Hall–Kier alpha value is -2.76. The molecule has 2 fully saturated rings. The van der Waals surface area contributed by atoms with Gasteiger partial charge in [0.05, 0.1) is 13.2 Å². The van der Waals surface area contributed by atoms with E-state index in [0.717, 1.165) is 0 Å². The van der Waals surface area contributed by atoms with Gasteiger partial charge in [-0.15, -0.1) is 0 Å². The fourth-order valence-electron chi connectivity index (χ4n) is 3.84. The number of anilines is 1. The maximum absolute atomic E-state index is 13.8. The molecule has 2 aliphatic rings. The van der Waals surface area contributed by atoms with E-state index in [1.54, 1.807) is 36.1 Å². The number of carbonyl (C=O) groups is 1. The van der Waals surface area contributed by atoms with E-state index in [1.165, 1.54) is 22.6 Å². The van der Waals surface area contributed by atoms with Gasteiger partial charge in [-0.3, -0.25) is 4.79 Å². The third-order valence-electron chi connectivity index (χ3n) is 5.73. The monoisotopic (exact) mass is 478 g/mol. The van der Waals surface area contributed by atoms with Gasteiger partial charge in [0.15, 0.2) is 17.7 Å². The lowest BCUT2D eigenvalue weighted by Crippen LogP contribution is -2.52. The highest BCUT2D eigenvalue weighted by Crippen LogP contribution is 2.21. The minimum Gasteiger partial charge on any atom is -0.478 e. The number of benzene rings is 1. The second kappa shape index (κ2) is 10.0. The van der Waals surface area contributed by atoms with Gasteiger partial charge in [0.2, 0.25) is 10.0 Å². The number of ether oxygens (including phenoxy) is 2. The topological polar surface area (TPSA) is 92.3 Å². The SMILES string of the molecule is CC(Oc1ccccc1F)C(=O)N1CCN(c2ccc(S(=O)(=O)N3CCOCC3)cn2)CC1. The Balaban J connectivity index is 1.33. The number of nitrogens with zero attached hydrogens (tertiary/aromatic N) is 4. The zero-order valence-corrected chi connectivity index (χ0v) is 19.2. The summed E-state index contributed by atoms with van der Waals surface area (Å²) in [7, 11) is -3.59. The Morgan fingerprint density at radius 3 is 2.39 bits per heavy atom. The molecule has 0 N–H and O–H groups in total. The number of amides is 1. The van der Waals surface area contributed by atoms with Gasteiger partial charge in [-0.2, -0.15) is 4.31 Å². The van der Waals surface area contributed by atoms with Crippen molar-refractivity contribution >= 4 is 21.7 Å². The van der Waals surface area contributed by atoms with Gasteiger partial charge >= 0.3 is 0 Å². The fourth-order valence-corrected chi connectivity index (χ4v) is 5.20. The van der Waals surface area contributed by atoms with Crippen LogP contribution >= 0.6 is 0 Å². The quantitative estimate of drug-likeness (QED) is 0.619. The van der Waals surface area contributed by atoms with E-state index >= 15 is 0 Å². The molecule has 2 aromatic rings. The number of hydrogen-bond donors (Lipinski definition) is 0. The van der Waals surface area contributed by atoms with Gasteiger partial charge in [0.25, 0.3) is 5.91 Å². The Kier molecular flexibility index (Phi) is 7.11. The normalized spacial score (nSPS) is 18.7. The molecule has 1 aromatic heterocycles. The van der Waals surface area contributed by atoms with Crippen LogP contribution in [0.5, 0.6) is 5.75 Å². The predicted octanol–water partition coefficient (Wildman–Crippen LogP) is 1.36. The molecule has 4 rings (SSSR count). The van der Waals surface area contributed by atoms with Crippen molar-refractivity contribution in [1.82, 2.24) is 14.2 Å². The molecule has 1 unspecified atom stereocenters. The molecule has 11 heteroatoms. The lowest BCUT2D eigenvalue weighted by atomic mass is 10.2. The molecule has 3 heterocycles. The molecule has 33 heavy (non-hydrogen) atoms. The molecule has 1 aromatic carbocycles. The van der Waals surface area contributed by atoms with Crippen LogP contribution in [0.15, 0.2) is 47.5 Å². The third kappa shape index (κ3) is 5.26. The lowest BCUT2D eigenvalue weighted by Gasteiger charge is -2.36. The highest BCUT2D eigenvalue weighted by molar-refractivity contribution is 7.89. The van der Waals surface area contributed by atoms with Gasteiger partial charge in [0, 0.05) is 45.5 Å². The molecule has 2 saturated heterocycles. The number of pyridine rings is 1. The molecule has 9 nitrogen and oxygen atoms in total. The van der Waals surface area contributed by atoms with E-state index in [-0.39, 0.29) is 16.6 Å². The Labute approximate surface area is 192 Å². The average Bonchev–Trinajstić information content (AvgIpc) is 2.85. The van der Waals surface area contributed by atoms with Crippen molar-refractivity contribution in [2.75, 3.05) is 57.4 Å². The number of para-hydroxylation sites is 1. The zero-order chi connectivity index (χ0) is 23.4. The van der Waals surface area contributed by atoms with Crippen LogP contribution in [-0.4, -0.2) is 87.1 Å². The minimum atomic E-state index is -3.59. The second-order valence-electron chi connectivity index (χ2n) is 7.87. The van der Waals surface area contributed by atoms with Crippen molar-refractivity contribution in [2.45, 2.75) is 17.9 Å². The van der Waals surface area contributed by atoms with E-state index in [0.29, 0.717) is 58.3 Å². The molecule has 0 saturated carbocycles. The number of rotatable bonds is 6. The highest BCUT2D eigenvalue weighted by Gasteiger charge is 2.29. The summed E-state index contributed by atoms with van der Waals surface area (Å²) >= 11 is 0. The molecule has 1 atom stereocenters. The van der Waals surface area contributed by atoms with Gasteiger partial charge in [-0.25, -0.2) is 17.8 Å². The molecule has 0 bridgehead atoms. The summed E-state index contributed by atoms with van der Waals surface area (Å²) in [6.07, 6.45) is 0.568. The maximum Gasteiger partial charge on any atom is 0.263 e. The van der Waals surface area contributed by atoms with E-state index in [2.05, 4.69) is 4.98 Å². The van der Waals surface area contributed by atoms with Crippen LogP contribution in [0.2, 0.25) is 0 Å². The smallest absolute Gasteiger partial charge is 0.263 e. The van der Waals surface area contributed by atoms with Crippen LogP contribution in [0.3, 0.4) is 0 Å². The van der Waals surface area contributed by atoms with Crippen LogP contribution in [0, 0.1) is 5.82 Å². The largest absolute Gasteiger partial charge is 0.478 e. The molecular formula is C22H27FN4O5S. The summed E-state index contributed by atoms with van der Waals surface area (Å²) in [5.41, 5.74) is 0. The van der Waals surface area contributed by atoms with Crippen molar-refractivity contribution in [2.24, 2.45) is 0 Å². The summed E-state index contributed by atoms with van der Waals surface area (Å²) in [5, 5.41) is 0. The lowest BCUT2D eigenvalue weighted by molar-refractivity contribution is -0.138. The van der Waals surface area contributed by atoms with Crippen LogP contribution in [-0.2, 0) is 19.6 Å². The summed E-state index contributed by atoms with van der Waals surface area (Å²) in [6, 6.07) is 9.25. The predicted molar refractivity (Wildman–Crippen MR) is 119 cm³/mol. The van der Waals surface area contributed by atoms with Crippen molar-refractivity contribution in [3.05, 3.63) is 48.4 Å². The minimum absolute atomic E-state index is 0.0494. The summed E-state index contributed by atoms with van der Waals surface area (Å²) < 4.78 is 51.4. The van der Waals surface area contributed by atoms with Crippen molar-refractivity contribution in [3.63, 3.8) is 0 Å². The second-order valence-corrected chi connectivity index (χ2v) is 9.81. The molecule has 0 radical (unpaired) electrons. The number of morpholine rings is 1. The van der Waals surface area contributed by atoms with Gasteiger partial charge in [-0.05, 0) is 31.2 Å². The first-order chi connectivity index (χ1) is 15.9. The van der Waals surface area contributed by atoms with E-state index in [9.17, 15) is 17.6 Å². The fraction of sp³-hybridized carbons (Fsp3) is 0.455. The average molecular weight is 479 g/mol. The summed E-state index contributed by atoms with van der Waals surface area (Å²) in [5.74, 6) is -0.0167. The van der Waals surface area contributed by atoms with Crippen LogP contribution in [0.4, 0.5) is 10.2 Å². The Bertz CT molecular complexity index is 1070. The number of aromatic nitrogens is 1. The van der Waals surface area contributed by atoms with Gasteiger partial charge in [0.1, 0.15) is 10.7 Å². The third-order valence-corrected chi connectivity index (χ3v) is 7.61. The first-order valence-corrected chi connectivity index (χ1v) is 12.3. The molecule has 0 aliphatic carbocycles. The van der Waals surface area contributed by atoms with Crippen molar-refractivity contribution in [1.29, 1.82) is 0 Å². The molecule has 178 valence electrons. The van der Waals surface area contributed by atoms with Crippen molar-refractivity contribution in [3.8, 4) is 5.75 Å². The van der Waals surface area contributed by atoms with Crippen molar-refractivity contribution < 1.29 is 27.1 Å². The van der Waals surface area contributed by atoms with E-state index < -0.39 is 21.9 Å².